The molecule has 0 spiro atoms. The molecule has 0 bridgehead atoms. The topological polar surface area (TPSA) is 29.9 Å². The molecule has 0 saturated carbocycles. The third-order valence-corrected chi connectivity index (χ3v) is 2.47. The zero-order chi connectivity index (χ0) is 11.1. The van der Waals surface area contributed by atoms with Gasteiger partial charge in [0.25, 0.3) is 0 Å². The fourth-order valence-corrected chi connectivity index (χ4v) is 1.63. The molecule has 1 N–H and O–H groups in total. The molecular formula is C12H21N3. The Balaban J connectivity index is 2.42. The Bertz CT molecular complexity index is 302. The summed E-state index contributed by atoms with van der Waals surface area (Å²) in [6, 6.07) is 0.434. The van der Waals surface area contributed by atoms with Crippen molar-refractivity contribution in [2.24, 2.45) is 7.05 Å². The van der Waals surface area contributed by atoms with Crippen molar-refractivity contribution >= 4 is 0 Å². The molecule has 0 aliphatic rings. The van der Waals surface area contributed by atoms with Gasteiger partial charge in [-0.05, 0) is 26.3 Å². The summed E-state index contributed by atoms with van der Waals surface area (Å²) >= 11 is 0. The van der Waals surface area contributed by atoms with Gasteiger partial charge in [0.2, 0.25) is 0 Å². The van der Waals surface area contributed by atoms with Gasteiger partial charge in [-0.1, -0.05) is 19.1 Å². The van der Waals surface area contributed by atoms with Crippen molar-refractivity contribution in [1.29, 1.82) is 0 Å². The maximum absolute atomic E-state index is 4.19. The monoisotopic (exact) mass is 207 g/mol. The average Bonchev–Trinajstić information content (AvgIpc) is 2.65. The molecule has 1 rings (SSSR count). The van der Waals surface area contributed by atoms with Crippen LogP contribution >= 0.6 is 0 Å². The van der Waals surface area contributed by atoms with Gasteiger partial charge >= 0.3 is 0 Å². The molecule has 84 valence electrons. The second kappa shape index (κ2) is 6.40. The van der Waals surface area contributed by atoms with Gasteiger partial charge in [-0.3, -0.25) is 4.68 Å². The lowest BCUT2D eigenvalue weighted by Gasteiger charge is -2.14. The van der Waals surface area contributed by atoms with E-state index in [2.05, 4.69) is 42.6 Å². The summed E-state index contributed by atoms with van der Waals surface area (Å²) in [5.41, 5.74) is 1.28. The molecule has 0 aromatic carbocycles. The van der Waals surface area contributed by atoms with Gasteiger partial charge in [-0.25, -0.2) is 0 Å². The summed E-state index contributed by atoms with van der Waals surface area (Å²) in [7, 11) is 1.95. The number of hydrogen-bond acceptors (Lipinski definition) is 2. The predicted molar refractivity (Wildman–Crippen MR) is 63.7 cm³/mol. The van der Waals surface area contributed by atoms with E-state index in [0.29, 0.717) is 6.04 Å². The number of aryl methyl sites for hydroxylation is 1. The zero-order valence-corrected chi connectivity index (χ0v) is 9.90. The highest BCUT2D eigenvalue weighted by Gasteiger charge is 2.09. The van der Waals surface area contributed by atoms with E-state index in [1.165, 1.54) is 5.56 Å². The highest BCUT2D eigenvalue weighted by Crippen LogP contribution is 2.14. The first-order valence-electron chi connectivity index (χ1n) is 5.61. The highest BCUT2D eigenvalue weighted by atomic mass is 15.2. The Labute approximate surface area is 92.2 Å². The van der Waals surface area contributed by atoms with Crippen LogP contribution in [-0.2, 0) is 7.05 Å². The lowest BCUT2D eigenvalue weighted by atomic mass is 10.1. The SMILES string of the molecule is C/C=C/CCNC(CC)c1cnn(C)c1. The van der Waals surface area contributed by atoms with E-state index in [9.17, 15) is 0 Å². The molecule has 3 nitrogen and oxygen atoms in total. The lowest BCUT2D eigenvalue weighted by Crippen LogP contribution is -2.21. The fraction of sp³-hybridized carbons (Fsp3) is 0.583. The van der Waals surface area contributed by atoms with Crippen molar-refractivity contribution in [3.8, 4) is 0 Å². The summed E-state index contributed by atoms with van der Waals surface area (Å²) in [4.78, 5) is 0. The van der Waals surface area contributed by atoms with E-state index >= 15 is 0 Å². The quantitative estimate of drug-likeness (QED) is 0.573. The van der Waals surface area contributed by atoms with E-state index in [1.807, 2.05) is 17.9 Å². The van der Waals surface area contributed by atoms with Crippen molar-refractivity contribution in [2.75, 3.05) is 6.54 Å². The van der Waals surface area contributed by atoms with Crippen molar-refractivity contribution < 1.29 is 0 Å². The van der Waals surface area contributed by atoms with Crippen LogP contribution in [-0.4, -0.2) is 16.3 Å². The molecule has 1 aromatic heterocycles. The lowest BCUT2D eigenvalue weighted by molar-refractivity contribution is 0.525. The van der Waals surface area contributed by atoms with Gasteiger partial charge in [0, 0.05) is 24.8 Å². The van der Waals surface area contributed by atoms with Crippen molar-refractivity contribution in [2.45, 2.75) is 32.7 Å². The normalized spacial score (nSPS) is 13.5. The van der Waals surface area contributed by atoms with Crippen molar-refractivity contribution in [1.82, 2.24) is 15.1 Å². The van der Waals surface area contributed by atoms with Crippen LogP contribution in [0, 0.1) is 0 Å². The van der Waals surface area contributed by atoms with Crippen LogP contribution in [0.5, 0.6) is 0 Å². The largest absolute Gasteiger partial charge is 0.310 e. The standard InChI is InChI=1S/C12H21N3/c1-4-6-7-8-13-12(5-2)11-9-14-15(3)10-11/h4,6,9-10,12-13H,5,7-8H2,1-3H3/b6-4+. The third kappa shape index (κ3) is 3.88. The van der Waals surface area contributed by atoms with E-state index in [1.54, 1.807) is 0 Å². The van der Waals surface area contributed by atoms with Crippen LogP contribution in [0.25, 0.3) is 0 Å². The van der Waals surface area contributed by atoms with E-state index < -0.39 is 0 Å². The first-order chi connectivity index (χ1) is 7.27. The van der Waals surface area contributed by atoms with Crippen LogP contribution in [0.2, 0.25) is 0 Å². The molecule has 15 heavy (non-hydrogen) atoms. The Kier molecular flexibility index (Phi) is 5.12. The minimum absolute atomic E-state index is 0.434. The smallest absolute Gasteiger partial charge is 0.0537 e. The third-order valence-electron chi connectivity index (χ3n) is 2.47. The maximum Gasteiger partial charge on any atom is 0.0537 e. The summed E-state index contributed by atoms with van der Waals surface area (Å²) in [6.45, 7) is 5.27. The summed E-state index contributed by atoms with van der Waals surface area (Å²) in [6.07, 6.45) is 10.5. The van der Waals surface area contributed by atoms with Crippen molar-refractivity contribution in [3.05, 3.63) is 30.1 Å². The summed E-state index contributed by atoms with van der Waals surface area (Å²) < 4.78 is 1.85. The summed E-state index contributed by atoms with van der Waals surface area (Å²) in [5.74, 6) is 0. The van der Waals surface area contributed by atoms with Crippen LogP contribution < -0.4 is 5.32 Å². The number of nitrogens with one attached hydrogen (secondary N) is 1. The Morgan fingerprint density at radius 3 is 2.93 bits per heavy atom. The van der Waals surface area contributed by atoms with Crippen LogP contribution in [0.1, 0.15) is 38.3 Å². The van der Waals surface area contributed by atoms with Gasteiger partial charge in [0.05, 0.1) is 6.20 Å². The number of hydrogen-bond donors (Lipinski definition) is 1. The first kappa shape index (κ1) is 12.0. The minimum Gasteiger partial charge on any atom is -0.310 e. The van der Waals surface area contributed by atoms with Crippen molar-refractivity contribution in [3.63, 3.8) is 0 Å². The van der Waals surface area contributed by atoms with Gasteiger partial charge in [0.1, 0.15) is 0 Å². The van der Waals surface area contributed by atoms with Crippen LogP contribution in [0.15, 0.2) is 24.5 Å². The molecule has 0 aliphatic carbocycles. The van der Waals surface area contributed by atoms with Gasteiger partial charge in [-0.15, -0.1) is 0 Å². The minimum atomic E-state index is 0.434. The number of nitrogens with zero attached hydrogens (tertiary/aromatic N) is 2. The van der Waals surface area contributed by atoms with E-state index in [4.69, 9.17) is 0 Å². The van der Waals surface area contributed by atoms with Gasteiger partial charge in [0.15, 0.2) is 0 Å². The average molecular weight is 207 g/mol. The molecular weight excluding hydrogens is 186 g/mol. The van der Waals surface area contributed by atoms with Crippen LogP contribution in [0.3, 0.4) is 0 Å². The van der Waals surface area contributed by atoms with E-state index in [0.717, 1.165) is 19.4 Å². The zero-order valence-electron chi connectivity index (χ0n) is 9.90. The number of allylic oxidation sites excluding steroid dienone is 1. The summed E-state index contributed by atoms with van der Waals surface area (Å²) in [5, 5.41) is 7.72. The van der Waals surface area contributed by atoms with E-state index in [-0.39, 0.29) is 0 Å². The fourth-order valence-electron chi connectivity index (χ4n) is 1.63. The molecule has 1 heterocycles. The molecule has 1 atom stereocenters. The van der Waals surface area contributed by atoms with Gasteiger partial charge < -0.3 is 5.32 Å². The second-order valence-corrected chi connectivity index (χ2v) is 3.72. The molecule has 1 aromatic rings. The highest BCUT2D eigenvalue weighted by molar-refractivity contribution is 5.09. The molecule has 0 saturated heterocycles. The predicted octanol–water partition coefficient (Wildman–Crippen LogP) is 2.43. The number of aromatic nitrogens is 2. The first-order valence-corrected chi connectivity index (χ1v) is 5.61. The molecule has 0 amide bonds. The Morgan fingerprint density at radius 2 is 2.40 bits per heavy atom. The number of rotatable bonds is 6. The van der Waals surface area contributed by atoms with Crippen LogP contribution in [0.4, 0.5) is 0 Å². The molecule has 0 radical (unpaired) electrons. The Morgan fingerprint density at radius 1 is 1.60 bits per heavy atom. The molecule has 3 heteroatoms. The maximum atomic E-state index is 4.19. The van der Waals surface area contributed by atoms with Gasteiger partial charge in [-0.2, -0.15) is 5.10 Å². The Hall–Kier alpha value is -1.09. The molecule has 0 aliphatic heterocycles. The second-order valence-electron chi connectivity index (χ2n) is 3.72. The molecule has 0 fully saturated rings. The molecule has 1 unspecified atom stereocenters.